The third kappa shape index (κ3) is 2.77. The van der Waals surface area contributed by atoms with Crippen LogP contribution in [0, 0.1) is 5.92 Å². The minimum atomic E-state index is 0.0497. The molecule has 2 nitrogen and oxygen atoms in total. The molecule has 1 heterocycles. The van der Waals surface area contributed by atoms with Crippen LogP contribution in [0.1, 0.15) is 25.6 Å². The number of rotatable bonds is 4. The number of benzene rings is 1. The fourth-order valence-corrected chi connectivity index (χ4v) is 2.11. The van der Waals surface area contributed by atoms with Gasteiger partial charge in [-0.3, -0.25) is 4.98 Å². The van der Waals surface area contributed by atoms with Gasteiger partial charge in [0, 0.05) is 12.7 Å². The number of pyridine rings is 1. The predicted octanol–water partition coefficient (Wildman–Crippen LogP) is 4.09. The van der Waals surface area contributed by atoms with Crippen LogP contribution in [0.5, 0.6) is 0 Å². The Bertz CT molecular complexity index is 493. The summed E-state index contributed by atoms with van der Waals surface area (Å²) >= 11 is 0. The summed E-state index contributed by atoms with van der Waals surface area (Å²) < 4.78 is 5.53. The number of hydrogen-bond acceptors (Lipinski definition) is 2. The average molecular weight is 241 g/mol. The van der Waals surface area contributed by atoms with Crippen LogP contribution in [-0.4, -0.2) is 12.1 Å². The lowest BCUT2D eigenvalue weighted by molar-refractivity contribution is 0.0613. The average Bonchev–Trinajstić information content (AvgIpc) is 2.40. The molecule has 1 atom stereocenters. The molecule has 0 fully saturated rings. The second kappa shape index (κ2) is 5.78. The Kier molecular flexibility index (Phi) is 4.11. The Labute approximate surface area is 109 Å². The van der Waals surface area contributed by atoms with E-state index in [1.165, 1.54) is 0 Å². The molecular formula is C16H19NO. The summed E-state index contributed by atoms with van der Waals surface area (Å²) in [4.78, 5) is 4.71. The summed E-state index contributed by atoms with van der Waals surface area (Å²) in [5.74, 6) is 0.411. The quantitative estimate of drug-likeness (QED) is 0.804. The zero-order valence-corrected chi connectivity index (χ0v) is 11.1. The molecule has 0 saturated carbocycles. The molecule has 0 spiro atoms. The molecule has 1 aromatic heterocycles. The van der Waals surface area contributed by atoms with Gasteiger partial charge in [0.2, 0.25) is 0 Å². The van der Waals surface area contributed by atoms with E-state index < -0.39 is 0 Å². The molecule has 1 aromatic carbocycles. The first kappa shape index (κ1) is 12.8. The zero-order valence-electron chi connectivity index (χ0n) is 11.1. The van der Waals surface area contributed by atoms with E-state index in [1.54, 1.807) is 7.11 Å². The Hall–Kier alpha value is -1.67. The van der Waals surface area contributed by atoms with Gasteiger partial charge in [0.05, 0.1) is 11.4 Å². The van der Waals surface area contributed by atoms with Gasteiger partial charge in [-0.15, -0.1) is 0 Å². The number of methoxy groups -OCH3 is 1. The van der Waals surface area contributed by atoms with Crippen molar-refractivity contribution in [3.63, 3.8) is 0 Å². The number of aromatic nitrogens is 1. The maximum atomic E-state index is 5.53. The smallest absolute Gasteiger partial charge is 0.101 e. The SMILES string of the molecule is COC(c1cccc(-c2ccccc2)n1)C(C)C. The highest BCUT2D eigenvalue weighted by Crippen LogP contribution is 2.25. The van der Waals surface area contributed by atoms with Crippen LogP contribution in [-0.2, 0) is 4.74 Å². The second-order valence-corrected chi connectivity index (χ2v) is 4.71. The van der Waals surface area contributed by atoms with Crippen molar-refractivity contribution >= 4 is 0 Å². The first-order chi connectivity index (χ1) is 8.72. The standard InChI is InChI=1S/C16H19NO/c1-12(2)16(18-3)15-11-7-10-14(17-15)13-8-5-4-6-9-13/h4-12,16H,1-3H3. The molecule has 2 heteroatoms. The molecule has 0 saturated heterocycles. The van der Waals surface area contributed by atoms with Crippen molar-refractivity contribution in [2.75, 3.05) is 7.11 Å². The van der Waals surface area contributed by atoms with Crippen molar-refractivity contribution in [3.8, 4) is 11.3 Å². The highest BCUT2D eigenvalue weighted by atomic mass is 16.5. The Balaban J connectivity index is 2.36. The van der Waals surface area contributed by atoms with E-state index >= 15 is 0 Å². The van der Waals surface area contributed by atoms with Crippen molar-refractivity contribution in [2.45, 2.75) is 20.0 Å². The van der Waals surface area contributed by atoms with Crippen LogP contribution in [0.15, 0.2) is 48.5 Å². The van der Waals surface area contributed by atoms with E-state index in [0.717, 1.165) is 17.0 Å². The first-order valence-corrected chi connectivity index (χ1v) is 6.27. The Morgan fingerprint density at radius 1 is 0.944 bits per heavy atom. The van der Waals surface area contributed by atoms with Gasteiger partial charge in [-0.2, -0.15) is 0 Å². The van der Waals surface area contributed by atoms with Crippen LogP contribution in [0.2, 0.25) is 0 Å². The van der Waals surface area contributed by atoms with Gasteiger partial charge in [-0.25, -0.2) is 0 Å². The van der Waals surface area contributed by atoms with Crippen molar-refractivity contribution in [1.29, 1.82) is 0 Å². The van der Waals surface area contributed by atoms with Crippen molar-refractivity contribution < 1.29 is 4.74 Å². The highest BCUT2D eigenvalue weighted by molar-refractivity contribution is 5.58. The van der Waals surface area contributed by atoms with Crippen molar-refractivity contribution in [2.24, 2.45) is 5.92 Å². The molecule has 0 bridgehead atoms. The van der Waals surface area contributed by atoms with Crippen LogP contribution in [0.3, 0.4) is 0 Å². The zero-order chi connectivity index (χ0) is 13.0. The maximum absolute atomic E-state index is 5.53. The minimum Gasteiger partial charge on any atom is -0.375 e. The van der Waals surface area contributed by atoms with Gasteiger partial charge in [-0.05, 0) is 18.1 Å². The number of ether oxygens (including phenoxy) is 1. The monoisotopic (exact) mass is 241 g/mol. The van der Waals surface area contributed by atoms with Crippen LogP contribution in [0.4, 0.5) is 0 Å². The van der Waals surface area contributed by atoms with Crippen LogP contribution >= 0.6 is 0 Å². The summed E-state index contributed by atoms with van der Waals surface area (Å²) in [5, 5.41) is 0. The summed E-state index contributed by atoms with van der Waals surface area (Å²) in [6.07, 6.45) is 0.0497. The van der Waals surface area contributed by atoms with E-state index in [1.807, 2.05) is 36.4 Å². The highest BCUT2D eigenvalue weighted by Gasteiger charge is 2.16. The van der Waals surface area contributed by atoms with Gasteiger partial charge in [0.25, 0.3) is 0 Å². The first-order valence-electron chi connectivity index (χ1n) is 6.27. The molecule has 0 N–H and O–H groups in total. The number of nitrogens with zero attached hydrogens (tertiary/aromatic N) is 1. The van der Waals surface area contributed by atoms with Gasteiger partial charge < -0.3 is 4.74 Å². The fourth-order valence-electron chi connectivity index (χ4n) is 2.11. The molecule has 0 aliphatic heterocycles. The van der Waals surface area contributed by atoms with E-state index in [2.05, 4.69) is 26.0 Å². The van der Waals surface area contributed by atoms with E-state index in [-0.39, 0.29) is 6.10 Å². The molecule has 0 radical (unpaired) electrons. The lowest BCUT2D eigenvalue weighted by Gasteiger charge is -2.19. The lowest BCUT2D eigenvalue weighted by atomic mass is 10.0. The number of hydrogen-bond donors (Lipinski definition) is 0. The topological polar surface area (TPSA) is 22.1 Å². The molecule has 1 unspecified atom stereocenters. The normalized spacial score (nSPS) is 12.7. The van der Waals surface area contributed by atoms with Gasteiger partial charge in [0.15, 0.2) is 0 Å². The van der Waals surface area contributed by atoms with Crippen molar-refractivity contribution in [3.05, 3.63) is 54.2 Å². The summed E-state index contributed by atoms with van der Waals surface area (Å²) in [5.41, 5.74) is 3.13. The minimum absolute atomic E-state index is 0.0497. The molecule has 2 rings (SSSR count). The van der Waals surface area contributed by atoms with Gasteiger partial charge in [0.1, 0.15) is 6.10 Å². The molecule has 18 heavy (non-hydrogen) atoms. The van der Waals surface area contributed by atoms with E-state index in [9.17, 15) is 0 Å². The van der Waals surface area contributed by atoms with E-state index in [4.69, 9.17) is 9.72 Å². The molecule has 94 valence electrons. The lowest BCUT2D eigenvalue weighted by Crippen LogP contribution is -2.10. The summed E-state index contributed by atoms with van der Waals surface area (Å²) in [6.45, 7) is 4.29. The molecule has 0 amide bonds. The molecule has 2 aromatic rings. The van der Waals surface area contributed by atoms with Gasteiger partial charge in [-0.1, -0.05) is 50.2 Å². The largest absolute Gasteiger partial charge is 0.375 e. The van der Waals surface area contributed by atoms with Crippen LogP contribution < -0.4 is 0 Å². The summed E-state index contributed by atoms with van der Waals surface area (Å²) in [7, 11) is 1.74. The predicted molar refractivity (Wildman–Crippen MR) is 74.3 cm³/mol. The maximum Gasteiger partial charge on any atom is 0.101 e. The third-order valence-electron chi connectivity index (χ3n) is 2.99. The summed E-state index contributed by atoms with van der Waals surface area (Å²) in [6, 6.07) is 16.3. The Morgan fingerprint density at radius 2 is 1.67 bits per heavy atom. The third-order valence-corrected chi connectivity index (χ3v) is 2.99. The van der Waals surface area contributed by atoms with Crippen molar-refractivity contribution in [1.82, 2.24) is 4.98 Å². The van der Waals surface area contributed by atoms with E-state index in [0.29, 0.717) is 5.92 Å². The molecular weight excluding hydrogens is 222 g/mol. The second-order valence-electron chi connectivity index (χ2n) is 4.71. The van der Waals surface area contributed by atoms with Crippen LogP contribution in [0.25, 0.3) is 11.3 Å². The molecule has 0 aliphatic rings. The fraction of sp³-hybridized carbons (Fsp3) is 0.312. The Morgan fingerprint density at radius 3 is 2.28 bits per heavy atom. The van der Waals surface area contributed by atoms with Gasteiger partial charge >= 0.3 is 0 Å². The molecule has 0 aliphatic carbocycles.